The fourth-order valence-corrected chi connectivity index (χ4v) is 3.49. The van der Waals surface area contributed by atoms with Crippen molar-refractivity contribution in [3.05, 3.63) is 59.7 Å². The number of amides is 3. The van der Waals surface area contributed by atoms with Gasteiger partial charge in [-0.1, -0.05) is 32.4 Å². The molecule has 0 saturated carbocycles. The van der Waals surface area contributed by atoms with Gasteiger partial charge < -0.3 is 15.5 Å². The van der Waals surface area contributed by atoms with E-state index in [0.717, 1.165) is 24.9 Å². The number of nitrogens with one attached hydrogen (secondary N) is 2. The molecule has 158 valence electrons. The molecule has 6 nitrogen and oxygen atoms in total. The van der Waals surface area contributed by atoms with Gasteiger partial charge in [-0.05, 0) is 54.8 Å². The molecule has 0 aromatic heterocycles. The van der Waals surface area contributed by atoms with Crippen LogP contribution in [-0.4, -0.2) is 35.7 Å². The fourth-order valence-electron chi connectivity index (χ4n) is 3.49. The first-order valence-corrected chi connectivity index (χ1v) is 10.6. The van der Waals surface area contributed by atoms with Gasteiger partial charge in [-0.3, -0.25) is 14.4 Å². The number of carbonyl (C=O) groups excluding carboxylic acids is 3. The summed E-state index contributed by atoms with van der Waals surface area (Å²) in [5.41, 5.74) is 3.08. The molecule has 2 aromatic rings. The maximum absolute atomic E-state index is 12.5. The van der Waals surface area contributed by atoms with Crippen molar-refractivity contribution in [2.75, 3.05) is 23.7 Å². The SMILES string of the molecule is CCCCN1C[C@@H](C(=O)Nc2ccc(C(=O)Nc3ccc(CC)cc3)cc2)CC1=O. The van der Waals surface area contributed by atoms with Crippen LogP contribution >= 0.6 is 0 Å². The Labute approximate surface area is 177 Å². The molecular formula is C24H29N3O3. The number of hydrogen-bond acceptors (Lipinski definition) is 3. The molecule has 0 bridgehead atoms. The summed E-state index contributed by atoms with van der Waals surface area (Å²) in [5.74, 6) is -0.647. The number of anilines is 2. The molecule has 1 heterocycles. The maximum atomic E-state index is 12.5. The summed E-state index contributed by atoms with van der Waals surface area (Å²) >= 11 is 0. The van der Waals surface area contributed by atoms with E-state index in [1.54, 1.807) is 29.2 Å². The van der Waals surface area contributed by atoms with E-state index in [-0.39, 0.29) is 30.1 Å². The normalized spacial score (nSPS) is 15.9. The lowest BCUT2D eigenvalue weighted by atomic mass is 10.1. The minimum absolute atomic E-state index is 0.0441. The van der Waals surface area contributed by atoms with Crippen molar-refractivity contribution >= 4 is 29.1 Å². The standard InChI is InChI=1S/C24H29N3O3/c1-3-5-14-27-16-19(15-22(27)28)24(30)26-21-12-8-18(9-13-21)23(29)25-20-10-6-17(4-2)7-11-20/h6-13,19H,3-5,14-16H2,1-2H3,(H,25,29)(H,26,30)/t19-/m0/s1. The minimum Gasteiger partial charge on any atom is -0.342 e. The van der Waals surface area contributed by atoms with E-state index in [4.69, 9.17) is 0 Å². The Kier molecular flexibility index (Phi) is 7.22. The fraction of sp³-hybridized carbons (Fsp3) is 0.375. The number of aryl methyl sites for hydroxylation is 1. The van der Waals surface area contributed by atoms with Gasteiger partial charge in [-0.2, -0.15) is 0 Å². The molecule has 3 rings (SSSR count). The number of carbonyl (C=O) groups is 3. The number of rotatable bonds is 8. The molecule has 1 aliphatic rings. The molecule has 0 spiro atoms. The Morgan fingerprint density at radius 2 is 1.60 bits per heavy atom. The summed E-state index contributed by atoms with van der Waals surface area (Å²) in [6.07, 6.45) is 3.18. The quantitative estimate of drug-likeness (QED) is 0.692. The number of hydrogen-bond donors (Lipinski definition) is 2. The summed E-state index contributed by atoms with van der Waals surface area (Å²) in [4.78, 5) is 38.8. The van der Waals surface area contributed by atoms with E-state index in [2.05, 4.69) is 24.5 Å². The molecule has 30 heavy (non-hydrogen) atoms. The van der Waals surface area contributed by atoms with Crippen LogP contribution in [0, 0.1) is 5.92 Å². The monoisotopic (exact) mass is 407 g/mol. The molecule has 3 amide bonds. The van der Waals surface area contributed by atoms with Gasteiger partial charge in [-0.25, -0.2) is 0 Å². The predicted molar refractivity (Wildman–Crippen MR) is 118 cm³/mol. The molecule has 2 N–H and O–H groups in total. The van der Waals surface area contributed by atoms with Crippen LogP contribution in [0.1, 0.15) is 49.0 Å². The highest BCUT2D eigenvalue weighted by molar-refractivity contribution is 6.04. The molecule has 2 aromatic carbocycles. The lowest BCUT2D eigenvalue weighted by Crippen LogP contribution is -2.29. The van der Waals surface area contributed by atoms with E-state index in [1.165, 1.54) is 5.56 Å². The Morgan fingerprint density at radius 3 is 2.23 bits per heavy atom. The Balaban J connectivity index is 1.54. The van der Waals surface area contributed by atoms with Crippen molar-refractivity contribution in [1.29, 1.82) is 0 Å². The van der Waals surface area contributed by atoms with Crippen LogP contribution in [0.3, 0.4) is 0 Å². The Bertz CT molecular complexity index is 891. The lowest BCUT2D eigenvalue weighted by molar-refractivity contribution is -0.128. The molecule has 0 aliphatic carbocycles. The zero-order chi connectivity index (χ0) is 21.5. The topological polar surface area (TPSA) is 78.5 Å². The highest BCUT2D eigenvalue weighted by Gasteiger charge is 2.33. The van der Waals surface area contributed by atoms with E-state index in [0.29, 0.717) is 24.3 Å². The zero-order valence-corrected chi connectivity index (χ0v) is 17.6. The highest BCUT2D eigenvalue weighted by Crippen LogP contribution is 2.21. The van der Waals surface area contributed by atoms with Crippen LogP contribution in [0.5, 0.6) is 0 Å². The van der Waals surface area contributed by atoms with Gasteiger partial charge in [0.25, 0.3) is 5.91 Å². The summed E-state index contributed by atoms with van der Waals surface area (Å²) in [5, 5.41) is 5.73. The third-order valence-corrected chi connectivity index (χ3v) is 5.40. The Morgan fingerprint density at radius 1 is 0.967 bits per heavy atom. The second-order valence-electron chi connectivity index (χ2n) is 7.67. The molecule has 1 aliphatic heterocycles. The van der Waals surface area contributed by atoms with Crippen molar-refractivity contribution < 1.29 is 14.4 Å². The van der Waals surface area contributed by atoms with E-state index >= 15 is 0 Å². The number of nitrogens with zero attached hydrogens (tertiary/aromatic N) is 1. The van der Waals surface area contributed by atoms with Gasteiger partial charge in [0, 0.05) is 36.4 Å². The van der Waals surface area contributed by atoms with Crippen molar-refractivity contribution in [2.45, 2.75) is 39.5 Å². The predicted octanol–water partition coefficient (Wildman–Crippen LogP) is 4.09. The summed E-state index contributed by atoms with van der Waals surface area (Å²) < 4.78 is 0. The largest absolute Gasteiger partial charge is 0.342 e. The summed E-state index contributed by atoms with van der Waals surface area (Å²) in [6.45, 7) is 5.35. The third kappa shape index (κ3) is 5.47. The van der Waals surface area contributed by atoms with E-state index in [9.17, 15) is 14.4 Å². The van der Waals surface area contributed by atoms with Crippen molar-refractivity contribution in [1.82, 2.24) is 4.90 Å². The second-order valence-corrected chi connectivity index (χ2v) is 7.67. The molecule has 0 radical (unpaired) electrons. The molecule has 6 heteroatoms. The highest BCUT2D eigenvalue weighted by atomic mass is 16.2. The minimum atomic E-state index is -0.330. The molecule has 0 unspecified atom stereocenters. The molecule has 1 atom stereocenters. The second kappa shape index (κ2) is 10.1. The van der Waals surface area contributed by atoms with Gasteiger partial charge in [0.05, 0.1) is 5.92 Å². The van der Waals surface area contributed by atoms with Crippen LogP contribution in [-0.2, 0) is 16.0 Å². The first-order valence-electron chi connectivity index (χ1n) is 10.6. The van der Waals surface area contributed by atoms with Crippen LogP contribution < -0.4 is 10.6 Å². The molecular weight excluding hydrogens is 378 g/mol. The summed E-state index contributed by atoms with van der Waals surface area (Å²) in [6, 6.07) is 14.5. The molecule has 1 fully saturated rings. The maximum Gasteiger partial charge on any atom is 0.255 e. The first kappa shape index (κ1) is 21.6. The Hall–Kier alpha value is -3.15. The lowest BCUT2D eigenvalue weighted by Gasteiger charge is -2.16. The number of likely N-dealkylation sites (tertiary alicyclic amines) is 1. The smallest absolute Gasteiger partial charge is 0.255 e. The average molecular weight is 408 g/mol. The van der Waals surface area contributed by atoms with Crippen LogP contribution in [0.2, 0.25) is 0 Å². The van der Waals surface area contributed by atoms with E-state index in [1.807, 2.05) is 24.3 Å². The van der Waals surface area contributed by atoms with Gasteiger partial charge in [0.15, 0.2) is 0 Å². The van der Waals surface area contributed by atoms with Crippen LogP contribution in [0.15, 0.2) is 48.5 Å². The first-order chi connectivity index (χ1) is 14.5. The average Bonchev–Trinajstić information content (AvgIpc) is 3.14. The van der Waals surface area contributed by atoms with Gasteiger partial charge in [0.1, 0.15) is 0 Å². The molecule has 1 saturated heterocycles. The van der Waals surface area contributed by atoms with Gasteiger partial charge in [-0.15, -0.1) is 0 Å². The zero-order valence-electron chi connectivity index (χ0n) is 17.6. The van der Waals surface area contributed by atoms with E-state index < -0.39 is 0 Å². The van der Waals surface area contributed by atoms with Crippen LogP contribution in [0.4, 0.5) is 11.4 Å². The van der Waals surface area contributed by atoms with Crippen molar-refractivity contribution in [3.8, 4) is 0 Å². The third-order valence-electron chi connectivity index (χ3n) is 5.40. The van der Waals surface area contributed by atoms with Gasteiger partial charge >= 0.3 is 0 Å². The number of unbranched alkanes of at least 4 members (excludes halogenated alkanes) is 1. The van der Waals surface area contributed by atoms with Crippen molar-refractivity contribution in [3.63, 3.8) is 0 Å². The van der Waals surface area contributed by atoms with Crippen molar-refractivity contribution in [2.24, 2.45) is 5.92 Å². The number of benzene rings is 2. The summed E-state index contributed by atoms with van der Waals surface area (Å²) in [7, 11) is 0. The van der Waals surface area contributed by atoms with Crippen LogP contribution in [0.25, 0.3) is 0 Å². The van der Waals surface area contributed by atoms with Gasteiger partial charge in [0.2, 0.25) is 11.8 Å².